The zero-order valence-electron chi connectivity index (χ0n) is 81.0. The van der Waals surface area contributed by atoms with Crippen LogP contribution in [0, 0.1) is 12.1 Å². The van der Waals surface area contributed by atoms with Crippen molar-refractivity contribution in [3.63, 3.8) is 0 Å². The summed E-state index contributed by atoms with van der Waals surface area (Å²) < 4.78 is 18.0. The van der Waals surface area contributed by atoms with Gasteiger partial charge in [0, 0.05) is 0 Å². The van der Waals surface area contributed by atoms with Crippen LogP contribution in [-0.4, -0.2) is 121 Å². The van der Waals surface area contributed by atoms with E-state index in [0.717, 1.165) is 78.2 Å². The average Bonchev–Trinajstić information content (AvgIpc) is 1.55. The van der Waals surface area contributed by atoms with Crippen LogP contribution in [0.4, 0.5) is 0 Å². The molecule has 0 amide bonds. The quantitative estimate of drug-likeness (QED) is 0.0510. The van der Waals surface area contributed by atoms with E-state index in [1.54, 1.807) is 42.7 Å². The number of hydrogen-bond donors (Lipinski definition) is 2. The Hall–Kier alpha value is -9.93. The molecule has 15 heteroatoms. The minimum Gasteiger partial charge on any atom is 2.00 e. The summed E-state index contributed by atoms with van der Waals surface area (Å²) in [5.74, 6) is 28.9. The van der Waals surface area contributed by atoms with E-state index in [4.69, 9.17) is 29.2 Å². The van der Waals surface area contributed by atoms with E-state index in [0.29, 0.717) is 0 Å². The molecule has 0 atom stereocenters. The topological polar surface area (TPSA) is 110 Å². The third-order valence-corrected chi connectivity index (χ3v) is 45.1. The van der Waals surface area contributed by atoms with E-state index in [1.165, 1.54) is 95.5 Å². The second-order valence-corrected chi connectivity index (χ2v) is 84.8. The number of hydrogen-bond acceptors (Lipinski definition) is 8. The van der Waals surface area contributed by atoms with Gasteiger partial charge in [-0.05, 0) is 88.8 Å². The molecule has 0 unspecified atom stereocenters. The van der Waals surface area contributed by atoms with Crippen LogP contribution in [0.5, 0.6) is 0 Å². The SMILES string of the molecule is CC(C)(O)C(C)(C)O[B]c1cccc(C2(c3cccc([B]OC(C)(C)C(C)(C)O)c3)c3ccccc3-c3ccccc32)c1.[CH3][Ge]([CH3])([CH3])[c]1ccc(-c2[c-]c(C3(c4[c-]c(-c5cc[c]([Ge]([CH3])([CH3])[CH3])cn5)ccc4)c4ccccc4-c4ccccc43)ccc2)nc1.[CH3][Ge]([CH3])([CH3])[c]1ccc(-c2cccc(C3(c4cccc(-c5cc[c]([Ge]([CH3])([CH3])[CH3])cn5)c4)c4ccccc4-c4ccccc43)c2)nc1.[Pt+2]. The Labute approximate surface area is 822 Å². The minimum absolute atomic E-state index is 0. The number of benzene rings is 12. The van der Waals surface area contributed by atoms with Gasteiger partial charge in [-0.3, -0.25) is 0 Å². The van der Waals surface area contributed by atoms with Crippen LogP contribution in [0.15, 0.2) is 352 Å². The van der Waals surface area contributed by atoms with Gasteiger partial charge < -0.3 is 19.5 Å². The monoisotopic (exact) mass is 2180 g/mol. The third kappa shape index (κ3) is 18.6. The number of aromatic nitrogens is 4. The van der Waals surface area contributed by atoms with Gasteiger partial charge in [-0.15, -0.1) is 0 Å². The predicted molar refractivity (Wildman–Crippen MR) is 567 cm³/mol. The molecule has 3 aliphatic rings. The van der Waals surface area contributed by atoms with Crippen LogP contribution in [0.3, 0.4) is 0 Å². The van der Waals surface area contributed by atoms with Crippen molar-refractivity contribution < 1.29 is 40.6 Å². The van der Waals surface area contributed by atoms with E-state index in [9.17, 15) is 10.2 Å². The van der Waals surface area contributed by atoms with Crippen LogP contribution in [0.25, 0.3) is 78.4 Å². The Morgan fingerprint density at radius 3 is 0.776 bits per heavy atom. The van der Waals surface area contributed by atoms with Crippen molar-refractivity contribution in [2.75, 3.05) is 0 Å². The van der Waals surface area contributed by atoms with Gasteiger partial charge >= 0.3 is 586 Å². The molecule has 0 spiro atoms. The standard InChI is InChI=1S/C41H40Ge2N2.C41H38Ge2N2.C37H42B2O4.Pt/c2*1-42(2,3)33-21-23-39(44-27-33)29-13-11-15-31(25-29)41(37-19-9-7-17-35(37)36-18-8-10-20-38(36)41)32-16-12-14-30(26-32)40-24-22-34(28-45-40)43(4,5)6;1-33(2,40)35(5,6)42-38-27-17-13-15-25(23-27)37(31-21-11-9-19-29(31)30-20-10-12-22-32(30)37)26-16-14-18-28(24-26)39-43-36(7,8)34(3,4)41;/h7-28H,1-6H3;7-24,27-28H,1-6H3;9-24,40-41H,1-8H3;/q;-2;;+2. The molecule has 12 aromatic carbocycles. The molecular weight excluding hydrogens is 2060 g/mol. The average molecular weight is 2180 g/mol. The van der Waals surface area contributed by atoms with E-state index >= 15 is 0 Å². The smallest absolute Gasteiger partial charge is 2.00 e. The summed E-state index contributed by atoms with van der Waals surface area (Å²) in [6.07, 6.45) is 8.40. The molecule has 2 radical (unpaired) electrons. The van der Waals surface area contributed by atoms with Gasteiger partial charge in [0.25, 0.3) is 0 Å². The van der Waals surface area contributed by atoms with Gasteiger partial charge in [0.15, 0.2) is 0 Å². The third-order valence-electron chi connectivity index (χ3n) is 28.1. The molecule has 0 bridgehead atoms. The molecule has 134 heavy (non-hydrogen) atoms. The normalized spacial score (nSPS) is 13.9. The molecule has 8 nitrogen and oxygen atoms in total. The number of aliphatic hydroxyl groups is 2. The van der Waals surface area contributed by atoms with E-state index in [1.807, 2.05) is 39.8 Å². The van der Waals surface area contributed by atoms with Crippen molar-refractivity contribution in [3.8, 4) is 78.4 Å². The maximum Gasteiger partial charge on any atom is 2.00 e. The van der Waals surface area contributed by atoms with Gasteiger partial charge in [0.05, 0.1) is 27.8 Å². The van der Waals surface area contributed by atoms with Crippen molar-refractivity contribution >= 4 is 96.5 Å². The summed E-state index contributed by atoms with van der Waals surface area (Å²) in [7, 11) is 3.50. The van der Waals surface area contributed by atoms with Gasteiger partial charge in [0.1, 0.15) is 0 Å². The van der Waals surface area contributed by atoms with Crippen molar-refractivity contribution in [3.05, 3.63) is 431 Å². The summed E-state index contributed by atoms with van der Waals surface area (Å²) in [6.45, 7) is 14.6. The zero-order valence-corrected chi connectivity index (χ0v) is 91.6. The molecule has 0 aliphatic heterocycles. The fourth-order valence-corrected chi connectivity index (χ4v) is 27.6. The van der Waals surface area contributed by atoms with E-state index in [2.05, 4.69) is 421 Å². The number of pyridine rings is 4. The Morgan fingerprint density at radius 1 is 0.269 bits per heavy atom. The van der Waals surface area contributed by atoms with Crippen molar-refractivity contribution in [2.24, 2.45) is 0 Å². The molecule has 16 aromatic rings. The molecule has 4 heterocycles. The van der Waals surface area contributed by atoms with E-state index in [-0.39, 0.29) is 21.1 Å². The van der Waals surface area contributed by atoms with Gasteiger partial charge in [-0.25, -0.2) is 0 Å². The van der Waals surface area contributed by atoms with Gasteiger partial charge in [-0.1, -0.05) is 108 Å². The fraction of sp³-hybridized carbons (Fsp3) is 0.227. The van der Waals surface area contributed by atoms with Crippen LogP contribution in [0.2, 0.25) is 69.1 Å². The van der Waals surface area contributed by atoms with Crippen LogP contribution >= 0.6 is 0 Å². The van der Waals surface area contributed by atoms with Crippen molar-refractivity contribution in [1.29, 1.82) is 0 Å². The minimum atomic E-state index is -1.97. The van der Waals surface area contributed by atoms with Crippen molar-refractivity contribution in [2.45, 2.75) is 163 Å². The van der Waals surface area contributed by atoms with Crippen molar-refractivity contribution in [1.82, 2.24) is 19.9 Å². The number of nitrogens with zero attached hydrogens (tertiary/aromatic N) is 4. The van der Waals surface area contributed by atoms with Crippen LogP contribution in [-0.2, 0) is 46.6 Å². The second kappa shape index (κ2) is 37.9. The summed E-state index contributed by atoms with van der Waals surface area (Å²) in [4.78, 5) is 19.9. The molecule has 19 rings (SSSR count). The molecule has 0 saturated carbocycles. The largest absolute Gasteiger partial charge is 2.00 e. The second-order valence-electron chi connectivity index (χ2n) is 42.2. The summed E-state index contributed by atoms with van der Waals surface area (Å²) in [6, 6.07) is 127. The molecule has 4 aromatic heterocycles. The maximum atomic E-state index is 10.7. The van der Waals surface area contributed by atoms with Crippen LogP contribution < -0.4 is 28.5 Å². The molecule has 2 N–H and O–H groups in total. The first kappa shape index (κ1) is 97.2. The maximum absolute atomic E-state index is 10.7. The summed E-state index contributed by atoms with van der Waals surface area (Å²) >= 11 is -7.87. The molecule has 672 valence electrons. The number of fused-ring (bicyclic) bond motifs is 9. The van der Waals surface area contributed by atoms with Gasteiger partial charge in [0.2, 0.25) is 0 Å². The zero-order chi connectivity index (χ0) is 94.1. The Bertz CT molecular complexity index is 6270. The first-order chi connectivity index (χ1) is 63.2. The van der Waals surface area contributed by atoms with Crippen LogP contribution in [0.1, 0.15) is 122 Å². The molecule has 0 fully saturated rings. The number of rotatable bonds is 22. The van der Waals surface area contributed by atoms with E-state index < -0.39 is 91.7 Å². The summed E-state index contributed by atoms with van der Waals surface area (Å²) in [5.41, 5.74) is 26.7. The Balaban J connectivity index is 0.000000146. The van der Waals surface area contributed by atoms with Gasteiger partial charge in [-0.2, -0.15) is 0 Å². The Kier molecular flexibility index (Phi) is 27.5. The first-order valence-corrected chi connectivity index (χ1v) is 76.0. The molecule has 0 saturated heterocycles. The fourth-order valence-electron chi connectivity index (χ4n) is 18.9. The summed E-state index contributed by atoms with van der Waals surface area (Å²) in [5, 5.41) is 21.3. The predicted octanol–water partition coefficient (Wildman–Crippen LogP) is 23.8. The first-order valence-electron chi connectivity index (χ1n) is 46.6. The Morgan fingerprint density at radius 2 is 0.515 bits per heavy atom. The molecular formula is C119H120B2Ge4N4O4Pt. The molecule has 3 aliphatic carbocycles.